The van der Waals surface area contributed by atoms with Crippen LogP contribution < -0.4 is 11.1 Å². The second-order valence-electron chi connectivity index (χ2n) is 4.04. The second kappa shape index (κ2) is 4.79. The molecule has 0 spiro atoms. The van der Waals surface area contributed by atoms with Gasteiger partial charge in [-0.15, -0.1) is 0 Å². The molecule has 0 atom stereocenters. The highest BCUT2D eigenvalue weighted by atomic mass is 16.3. The van der Waals surface area contributed by atoms with E-state index in [1.54, 1.807) is 36.4 Å². The summed E-state index contributed by atoms with van der Waals surface area (Å²) < 4.78 is 0. The van der Waals surface area contributed by atoms with Gasteiger partial charge in [0.1, 0.15) is 5.75 Å². The minimum Gasteiger partial charge on any atom is -0.507 e. The predicted octanol–water partition coefficient (Wildman–Crippen LogP) is 2.54. The minimum atomic E-state index is -0.350. The number of nitrogen functional groups attached to an aromatic ring is 1. The summed E-state index contributed by atoms with van der Waals surface area (Å²) in [6.07, 6.45) is 0. The van der Waals surface area contributed by atoms with Crippen molar-refractivity contribution in [3.63, 3.8) is 0 Å². The van der Waals surface area contributed by atoms with E-state index in [-0.39, 0.29) is 17.2 Å². The van der Waals surface area contributed by atoms with Crippen LogP contribution in [0.3, 0.4) is 0 Å². The van der Waals surface area contributed by atoms with E-state index in [2.05, 4.69) is 5.32 Å². The number of amides is 1. The minimum absolute atomic E-state index is 0.0397. The molecule has 0 bridgehead atoms. The summed E-state index contributed by atoms with van der Waals surface area (Å²) in [6, 6.07) is 11.6. The second-order valence-corrected chi connectivity index (χ2v) is 4.04. The topological polar surface area (TPSA) is 75.3 Å². The molecule has 1 amide bonds. The van der Waals surface area contributed by atoms with Crippen LogP contribution in [0.15, 0.2) is 42.5 Å². The number of rotatable bonds is 2. The number of nitrogens with two attached hydrogens (primary N) is 1. The number of phenols is 1. The van der Waals surface area contributed by atoms with E-state index < -0.39 is 0 Å². The molecule has 0 saturated heterocycles. The average Bonchev–Trinajstić information content (AvgIpc) is 2.34. The zero-order valence-electron chi connectivity index (χ0n) is 9.97. The first-order chi connectivity index (χ1) is 8.58. The maximum Gasteiger partial charge on any atom is 0.259 e. The van der Waals surface area contributed by atoms with Gasteiger partial charge < -0.3 is 16.2 Å². The Morgan fingerprint density at radius 1 is 1.22 bits per heavy atom. The Balaban J connectivity index is 2.22. The standard InChI is InChI=1S/C14H14N2O2/c1-9-8-10(6-7-12(9)15)16-14(18)11-4-2-3-5-13(11)17/h2-8,17H,15H2,1H3,(H,16,18). The van der Waals surface area contributed by atoms with Crippen LogP contribution in [0, 0.1) is 6.92 Å². The van der Waals surface area contributed by atoms with Crippen LogP contribution in [-0.4, -0.2) is 11.0 Å². The maximum atomic E-state index is 11.9. The van der Waals surface area contributed by atoms with E-state index in [0.717, 1.165) is 5.56 Å². The lowest BCUT2D eigenvalue weighted by Gasteiger charge is -2.08. The van der Waals surface area contributed by atoms with Gasteiger partial charge in [-0.3, -0.25) is 4.79 Å². The van der Waals surface area contributed by atoms with Gasteiger partial charge in [0.15, 0.2) is 0 Å². The number of aromatic hydroxyl groups is 1. The molecule has 0 heterocycles. The lowest BCUT2D eigenvalue weighted by atomic mass is 10.1. The van der Waals surface area contributed by atoms with Crippen LogP contribution in [0.4, 0.5) is 11.4 Å². The van der Waals surface area contributed by atoms with E-state index >= 15 is 0 Å². The first-order valence-corrected chi connectivity index (χ1v) is 5.53. The molecule has 0 fully saturated rings. The Kier molecular flexibility index (Phi) is 3.19. The highest BCUT2D eigenvalue weighted by Crippen LogP contribution is 2.20. The molecule has 4 N–H and O–H groups in total. The smallest absolute Gasteiger partial charge is 0.259 e. The average molecular weight is 242 g/mol. The highest BCUT2D eigenvalue weighted by Gasteiger charge is 2.10. The van der Waals surface area contributed by atoms with Crippen molar-refractivity contribution < 1.29 is 9.90 Å². The van der Waals surface area contributed by atoms with Gasteiger partial charge in [0.25, 0.3) is 5.91 Å². The molecule has 4 heteroatoms. The van der Waals surface area contributed by atoms with Gasteiger partial charge in [-0.25, -0.2) is 0 Å². The predicted molar refractivity (Wildman–Crippen MR) is 71.7 cm³/mol. The van der Waals surface area contributed by atoms with Gasteiger partial charge in [-0.05, 0) is 42.8 Å². The summed E-state index contributed by atoms with van der Waals surface area (Å²) in [5.74, 6) is -0.389. The number of hydrogen-bond donors (Lipinski definition) is 3. The Morgan fingerprint density at radius 2 is 1.94 bits per heavy atom. The molecule has 2 aromatic carbocycles. The van der Waals surface area contributed by atoms with E-state index in [1.807, 2.05) is 6.92 Å². The number of para-hydroxylation sites is 1. The molecule has 0 aliphatic heterocycles. The summed E-state index contributed by atoms with van der Waals surface area (Å²) in [6.45, 7) is 1.87. The zero-order valence-corrected chi connectivity index (χ0v) is 9.97. The number of carbonyl (C=O) groups is 1. The van der Waals surface area contributed by atoms with Crippen molar-refractivity contribution in [2.24, 2.45) is 0 Å². The van der Waals surface area contributed by atoms with Crippen LogP contribution >= 0.6 is 0 Å². The summed E-state index contributed by atoms with van der Waals surface area (Å²) in [5, 5.41) is 12.3. The Morgan fingerprint density at radius 3 is 2.61 bits per heavy atom. The normalized spacial score (nSPS) is 10.1. The van der Waals surface area contributed by atoms with Crippen molar-refractivity contribution in [3.8, 4) is 5.75 Å². The Hall–Kier alpha value is -2.49. The van der Waals surface area contributed by atoms with Gasteiger partial charge in [-0.2, -0.15) is 0 Å². The lowest BCUT2D eigenvalue weighted by molar-refractivity contribution is 0.102. The van der Waals surface area contributed by atoms with Gasteiger partial charge in [0, 0.05) is 11.4 Å². The molecule has 4 nitrogen and oxygen atoms in total. The monoisotopic (exact) mass is 242 g/mol. The first kappa shape index (κ1) is 12.0. The fourth-order valence-electron chi connectivity index (χ4n) is 1.62. The third-order valence-corrected chi connectivity index (χ3v) is 2.68. The van der Waals surface area contributed by atoms with Crippen molar-refractivity contribution in [1.29, 1.82) is 0 Å². The molecule has 2 rings (SSSR count). The van der Waals surface area contributed by atoms with Crippen LogP contribution in [0.1, 0.15) is 15.9 Å². The fraction of sp³-hybridized carbons (Fsp3) is 0.0714. The molecule has 0 radical (unpaired) electrons. The van der Waals surface area contributed by atoms with Crippen LogP contribution in [0.25, 0.3) is 0 Å². The number of benzene rings is 2. The molecule has 0 aliphatic rings. The summed E-state index contributed by atoms with van der Waals surface area (Å²) in [5.41, 5.74) is 8.16. The van der Waals surface area contributed by atoms with Crippen molar-refractivity contribution in [3.05, 3.63) is 53.6 Å². The van der Waals surface area contributed by atoms with E-state index in [9.17, 15) is 9.90 Å². The SMILES string of the molecule is Cc1cc(NC(=O)c2ccccc2O)ccc1N. The third kappa shape index (κ3) is 2.43. The highest BCUT2D eigenvalue weighted by molar-refractivity contribution is 6.06. The maximum absolute atomic E-state index is 11.9. The van der Waals surface area contributed by atoms with Gasteiger partial charge in [-0.1, -0.05) is 12.1 Å². The quantitative estimate of drug-likeness (QED) is 0.708. The lowest BCUT2D eigenvalue weighted by Crippen LogP contribution is -2.12. The molecular weight excluding hydrogens is 228 g/mol. The molecule has 0 unspecified atom stereocenters. The van der Waals surface area contributed by atoms with Crippen LogP contribution in [0.5, 0.6) is 5.75 Å². The number of aryl methyl sites for hydroxylation is 1. The number of hydrogen-bond acceptors (Lipinski definition) is 3. The molecular formula is C14H14N2O2. The first-order valence-electron chi connectivity index (χ1n) is 5.53. The number of anilines is 2. The summed E-state index contributed by atoms with van der Waals surface area (Å²) in [4.78, 5) is 11.9. The van der Waals surface area contributed by atoms with Crippen molar-refractivity contribution in [2.45, 2.75) is 6.92 Å². The molecule has 0 aromatic heterocycles. The van der Waals surface area contributed by atoms with Crippen LogP contribution in [0.2, 0.25) is 0 Å². The van der Waals surface area contributed by atoms with Crippen molar-refractivity contribution >= 4 is 17.3 Å². The Labute approximate surface area is 105 Å². The van der Waals surface area contributed by atoms with Gasteiger partial charge in [0.05, 0.1) is 5.56 Å². The molecule has 0 saturated carbocycles. The van der Waals surface area contributed by atoms with Crippen molar-refractivity contribution in [1.82, 2.24) is 0 Å². The van der Waals surface area contributed by atoms with Crippen LogP contribution in [-0.2, 0) is 0 Å². The van der Waals surface area contributed by atoms with E-state index in [1.165, 1.54) is 6.07 Å². The molecule has 0 aliphatic carbocycles. The summed E-state index contributed by atoms with van der Waals surface area (Å²) >= 11 is 0. The van der Waals surface area contributed by atoms with E-state index in [0.29, 0.717) is 11.4 Å². The summed E-state index contributed by atoms with van der Waals surface area (Å²) in [7, 11) is 0. The number of phenolic OH excluding ortho intramolecular Hbond substituents is 1. The van der Waals surface area contributed by atoms with E-state index in [4.69, 9.17) is 5.73 Å². The fourth-order valence-corrected chi connectivity index (χ4v) is 1.62. The molecule has 2 aromatic rings. The molecule has 92 valence electrons. The van der Waals surface area contributed by atoms with Gasteiger partial charge in [0.2, 0.25) is 0 Å². The Bertz CT molecular complexity index is 594. The largest absolute Gasteiger partial charge is 0.507 e. The van der Waals surface area contributed by atoms with Gasteiger partial charge >= 0.3 is 0 Å². The number of nitrogens with one attached hydrogen (secondary N) is 1. The zero-order chi connectivity index (χ0) is 13.1. The third-order valence-electron chi connectivity index (χ3n) is 2.68. The van der Waals surface area contributed by atoms with Crippen molar-refractivity contribution in [2.75, 3.05) is 11.1 Å². The molecule has 18 heavy (non-hydrogen) atoms. The number of carbonyl (C=O) groups excluding carboxylic acids is 1.